The average Bonchev–Trinajstić information content (AvgIpc) is 2.12. The molecule has 2 heteroatoms. The van der Waals surface area contributed by atoms with E-state index in [4.69, 9.17) is 11.6 Å². The zero-order valence-electron chi connectivity index (χ0n) is 7.56. The van der Waals surface area contributed by atoms with Crippen LogP contribution in [-0.4, -0.2) is 5.78 Å². The molecule has 0 atom stereocenters. The molecule has 0 amide bonds. The van der Waals surface area contributed by atoms with Crippen molar-refractivity contribution in [3.63, 3.8) is 0 Å². The Kier molecular flexibility index (Phi) is 2.12. The van der Waals surface area contributed by atoms with Gasteiger partial charge in [-0.3, -0.25) is 4.79 Å². The summed E-state index contributed by atoms with van der Waals surface area (Å²) in [5.74, 6) is 0.331. The minimum Gasteiger partial charge on any atom is -0.299 e. The van der Waals surface area contributed by atoms with Crippen molar-refractivity contribution in [2.45, 2.75) is 26.2 Å². The van der Waals surface area contributed by atoms with Gasteiger partial charge in [0.05, 0.1) is 0 Å². The molecule has 0 unspecified atom stereocenters. The second kappa shape index (κ2) is 3.15. The first-order chi connectivity index (χ1) is 6.18. The maximum atomic E-state index is 11.2. The van der Waals surface area contributed by atoms with Gasteiger partial charge in [-0.25, -0.2) is 0 Å². The van der Waals surface area contributed by atoms with Crippen molar-refractivity contribution < 1.29 is 4.79 Å². The summed E-state index contributed by atoms with van der Waals surface area (Å²) in [6, 6.07) is 3.91. The van der Waals surface area contributed by atoms with E-state index in [-0.39, 0.29) is 0 Å². The minimum absolute atomic E-state index is 0.331. The summed E-state index contributed by atoms with van der Waals surface area (Å²) in [6.45, 7) is 2.04. The predicted octanol–water partition coefficient (Wildman–Crippen LogP) is 2.71. The number of fused-ring (bicyclic) bond motifs is 1. The highest BCUT2D eigenvalue weighted by Gasteiger charge is 2.19. The monoisotopic (exact) mass is 194 g/mol. The third kappa shape index (κ3) is 1.49. The molecule has 0 saturated carbocycles. The lowest BCUT2D eigenvalue weighted by atomic mass is 9.88. The molecule has 1 nitrogen and oxygen atoms in total. The summed E-state index contributed by atoms with van der Waals surface area (Å²) in [5, 5.41) is 0.813. The molecule has 0 aromatic heterocycles. The van der Waals surface area contributed by atoms with Crippen molar-refractivity contribution >= 4 is 17.4 Å². The van der Waals surface area contributed by atoms with Gasteiger partial charge in [0.1, 0.15) is 5.78 Å². The maximum Gasteiger partial charge on any atom is 0.137 e. The van der Waals surface area contributed by atoms with Gasteiger partial charge in [-0.2, -0.15) is 0 Å². The third-order valence-corrected chi connectivity index (χ3v) is 2.99. The number of carbonyl (C=O) groups is 1. The van der Waals surface area contributed by atoms with Crippen LogP contribution in [0.25, 0.3) is 0 Å². The molecule has 0 aliphatic heterocycles. The molecule has 0 bridgehead atoms. The topological polar surface area (TPSA) is 17.1 Å². The lowest BCUT2D eigenvalue weighted by Gasteiger charge is -2.18. The molecule has 0 N–H and O–H groups in total. The average molecular weight is 195 g/mol. The molecule has 1 aliphatic carbocycles. The van der Waals surface area contributed by atoms with E-state index in [2.05, 4.69) is 0 Å². The van der Waals surface area contributed by atoms with E-state index in [9.17, 15) is 4.79 Å². The van der Waals surface area contributed by atoms with Crippen LogP contribution in [0.4, 0.5) is 0 Å². The number of benzene rings is 1. The number of Topliss-reactive ketones (excluding diaryl/α,β-unsaturated/α-hetero) is 1. The van der Waals surface area contributed by atoms with Crippen molar-refractivity contribution in [2.24, 2.45) is 0 Å². The fraction of sp³-hybridized carbons (Fsp3) is 0.364. The van der Waals surface area contributed by atoms with Gasteiger partial charge in [-0.05, 0) is 36.1 Å². The fourth-order valence-corrected chi connectivity index (χ4v) is 2.12. The number of rotatable bonds is 0. The Morgan fingerprint density at radius 2 is 2.00 bits per heavy atom. The summed E-state index contributed by atoms with van der Waals surface area (Å²) in [4.78, 5) is 11.2. The summed E-state index contributed by atoms with van der Waals surface area (Å²) in [7, 11) is 0. The summed E-state index contributed by atoms with van der Waals surface area (Å²) >= 11 is 6.05. The summed E-state index contributed by atoms with van der Waals surface area (Å²) in [6.07, 6.45) is 2.03. The van der Waals surface area contributed by atoms with Crippen LogP contribution >= 0.6 is 11.6 Å². The van der Waals surface area contributed by atoms with Crippen molar-refractivity contribution in [3.8, 4) is 0 Å². The number of ketones is 1. The Balaban J connectivity index is 2.57. The van der Waals surface area contributed by atoms with Gasteiger partial charge in [0.15, 0.2) is 0 Å². The molecule has 13 heavy (non-hydrogen) atoms. The van der Waals surface area contributed by atoms with Gasteiger partial charge >= 0.3 is 0 Å². The zero-order chi connectivity index (χ0) is 9.42. The van der Waals surface area contributed by atoms with Crippen LogP contribution in [0.5, 0.6) is 0 Å². The van der Waals surface area contributed by atoms with E-state index in [0.717, 1.165) is 17.0 Å². The van der Waals surface area contributed by atoms with E-state index in [1.807, 2.05) is 19.1 Å². The number of hydrogen-bond donors (Lipinski definition) is 0. The van der Waals surface area contributed by atoms with E-state index >= 15 is 0 Å². The Bertz CT molecular complexity index is 369. The fourth-order valence-electron chi connectivity index (χ4n) is 1.85. The second-order valence-corrected chi connectivity index (χ2v) is 3.94. The van der Waals surface area contributed by atoms with Gasteiger partial charge < -0.3 is 0 Å². The molecular weight excluding hydrogens is 184 g/mol. The van der Waals surface area contributed by atoms with E-state index in [0.29, 0.717) is 18.6 Å². The molecule has 0 radical (unpaired) electrons. The quantitative estimate of drug-likeness (QED) is 0.621. The highest BCUT2D eigenvalue weighted by Crippen LogP contribution is 2.28. The van der Waals surface area contributed by atoms with Crippen molar-refractivity contribution in [1.29, 1.82) is 0 Å². The molecule has 0 heterocycles. The highest BCUT2D eigenvalue weighted by atomic mass is 35.5. The van der Waals surface area contributed by atoms with Crippen molar-refractivity contribution in [2.75, 3.05) is 0 Å². The van der Waals surface area contributed by atoms with Gasteiger partial charge in [0.2, 0.25) is 0 Å². The standard InChI is InChI=1S/C11H11ClO/c1-7-2-5-11(12)9-4-3-8(13)6-10(7)9/h2,5H,3-4,6H2,1H3. The van der Waals surface area contributed by atoms with Gasteiger partial charge in [0.25, 0.3) is 0 Å². The minimum atomic E-state index is 0.331. The smallest absolute Gasteiger partial charge is 0.137 e. The molecule has 0 fully saturated rings. The third-order valence-electron chi connectivity index (χ3n) is 2.64. The Morgan fingerprint density at radius 1 is 1.23 bits per heavy atom. The molecule has 1 aromatic carbocycles. The van der Waals surface area contributed by atoms with Crippen LogP contribution in [0.2, 0.25) is 5.02 Å². The molecule has 1 aliphatic rings. The van der Waals surface area contributed by atoms with E-state index in [1.165, 1.54) is 11.1 Å². The zero-order valence-corrected chi connectivity index (χ0v) is 8.32. The van der Waals surface area contributed by atoms with Gasteiger partial charge in [0, 0.05) is 17.9 Å². The summed E-state index contributed by atoms with van der Waals surface area (Å²) < 4.78 is 0. The molecular formula is C11H11ClO. The van der Waals surface area contributed by atoms with E-state index < -0.39 is 0 Å². The largest absolute Gasteiger partial charge is 0.299 e. The first kappa shape index (κ1) is 8.76. The Hall–Kier alpha value is -0.820. The summed E-state index contributed by atoms with van der Waals surface area (Å²) in [5.41, 5.74) is 3.53. The van der Waals surface area contributed by atoms with Crippen LogP contribution < -0.4 is 0 Å². The van der Waals surface area contributed by atoms with Crippen LogP contribution in [0.3, 0.4) is 0 Å². The Morgan fingerprint density at radius 3 is 2.77 bits per heavy atom. The van der Waals surface area contributed by atoms with E-state index in [1.54, 1.807) is 0 Å². The van der Waals surface area contributed by atoms with Crippen LogP contribution in [0.15, 0.2) is 12.1 Å². The molecule has 0 spiro atoms. The van der Waals surface area contributed by atoms with Gasteiger partial charge in [-0.15, -0.1) is 0 Å². The highest BCUT2D eigenvalue weighted by molar-refractivity contribution is 6.31. The number of hydrogen-bond acceptors (Lipinski definition) is 1. The first-order valence-corrected chi connectivity index (χ1v) is 4.85. The lowest BCUT2D eigenvalue weighted by molar-refractivity contribution is -0.118. The number of halogens is 1. The predicted molar refractivity (Wildman–Crippen MR) is 53.2 cm³/mol. The molecule has 68 valence electrons. The van der Waals surface area contributed by atoms with Gasteiger partial charge in [-0.1, -0.05) is 17.7 Å². The maximum absolute atomic E-state index is 11.2. The SMILES string of the molecule is Cc1ccc(Cl)c2c1CC(=O)CC2. The Labute approximate surface area is 82.7 Å². The van der Waals surface area contributed by atoms with Crippen molar-refractivity contribution in [1.82, 2.24) is 0 Å². The molecule has 0 saturated heterocycles. The molecule has 2 rings (SSSR count). The first-order valence-electron chi connectivity index (χ1n) is 4.47. The number of aryl methyl sites for hydroxylation is 1. The lowest BCUT2D eigenvalue weighted by Crippen LogP contribution is -2.14. The van der Waals surface area contributed by atoms with Crippen molar-refractivity contribution in [3.05, 3.63) is 33.8 Å². The second-order valence-electron chi connectivity index (χ2n) is 3.54. The van der Waals surface area contributed by atoms with Crippen LogP contribution in [0.1, 0.15) is 23.1 Å². The number of carbonyl (C=O) groups excluding carboxylic acids is 1. The van der Waals surface area contributed by atoms with Crippen LogP contribution in [0, 0.1) is 6.92 Å². The normalized spacial score (nSPS) is 15.7. The van der Waals surface area contributed by atoms with Crippen LogP contribution in [-0.2, 0) is 17.6 Å². The molecule has 1 aromatic rings.